The third-order valence-electron chi connectivity index (χ3n) is 3.39. The maximum atomic E-state index is 12.4. The normalized spacial score (nSPS) is 17.1. The van der Waals surface area contributed by atoms with E-state index in [0.29, 0.717) is 11.6 Å². The molecule has 0 saturated carbocycles. The third-order valence-corrected chi connectivity index (χ3v) is 4.08. The second-order valence-corrected chi connectivity index (χ2v) is 5.64. The minimum absolute atomic E-state index is 0.156. The van der Waals surface area contributed by atoms with E-state index in [4.69, 9.17) is 0 Å². The Hall–Kier alpha value is -2.41. The SMILES string of the molecule is O=C(O)C1Cc2ccccc2N(C(=O)Nc2nccs2)C1. The van der Waals surface area contributed by atoms with Crippen molar-refractivity contribution < 1.29 is 14.7 Å². The van der Waals surface area contributed by atoms with Gasteiger partial charge in [-0.25, -0.2) is 9.78 Å². The summed E-state index contributed by atoms with van der Waals surface area (Å²) in [5, 5.41) is 14.2. The van der Waals surface area contributed by atoms with E-state index >= 15 is 0 Å². The standard InChI is InChI=1S/C14H13N3O3S/c18-12(19)10-7-9-3-1-2-4-11(9)17(8-10)14(20)16-13-15-5-6-21-13/h1-6,10H,7-8H2,(H,18,19)(H,15,16,20). The molecule has 1 aliphatic heterocycles. The Morgan fingerprint density at radius 1 is 1.38 bits per heavy atom. The van der Waals surface area contributed by atoms with Crippen LogP contribution < -0.4 is 10.2 Å². The van der Waals surface area contributed by atoms with Gasteiger partial charge in [0.05, 0.1) is 5.92 Å². The van der Waals surface area contributed by atoms with E-state index in [0.717, 1.165) is 11.3 Å². The largest absolute Gasteiger partial charge is 0.481 e. The lowest BCUT2D eigenvalue weighted by Crippen LogP contribution is -2.44. The molecule has 6 nitrogen and oxygen atoms in total. The Bertz CT molecular complexity index is 672. The number of benzene rings is 1. The topological polar surface area (TPSA) is 82.5 Å². The summed E-state index contributed by atoms with van der Waals surface area (Å²) in [5.41, 5.74) is 1.62. The number of para-hydroxylation sites is 1. The van der Waals surface area contributed by atoms with E-state index in [1.54, 1.807) is 11.6 Å². The molecule has 0 aliphatic carbocycles. The molecule has 1 aromatic carbocycles. The monoisotopic (exact) mass is 303 g/mol. The zero-order chi connectivity index (χ0) is 14.8. The van der Waals surface area contributed by atoms with Crippen molar-refractivity contribution in [3.8, 4) is 0 Å². The predicted molar refractivity (Wildman–Crippen MR) is 79.8 cm³/mol. The van der Waals surface area contributed by atoms with Gasteiger partial charge in [-0.2, -0.15) is 0 Å². The highest BCUT2D eigenvalue weighted by atomic mass is 32.1. The lowest BCUT2D eigenvalue weighted by molar-refractivity contribution is -0.141. The van der Waals surface area contributed by atoms with Gasteiger partial charge < -0.3 is 5.11 Å². The number of rotatable bonds is 2. The number of hydrogen-bond donors (Lipinski definition) is 2. The summed E-state index contributed by atoms with van der Waals surface area (Å²) in [7, 11) is 0. The van der Waals surface area contributed by atoms with Gasteiger partial charge in [-0.3, -0.25) is 15.0 Å². The van der Waals surface area contributed by atoms with Crippen LogP contribution in [0.25, 0.3) is 0 Å². The van der Waals surface area contributed by atoms with Gasteiger partial charge in [0.15, 0.2) is 5.13 Å². The van der Waals surface area contributed by atoms with Crippen LogP contribution in [0.3, 0.4) is 0 Å². The molecule has 21 heavy (non-hydrogen) atoms. The minimum atomic E-state index is -0.892. The molecule has 1 aliphatic rings. The van der Waals surface area contributed by atoms with Crippen molar-refractivity contribution in [3.05, 3.63) is 41.4 Å². The van der Waals surface area contributed by atoms with Crippen molar-refractivity contribution in [2.24, 2.45) is 5.92 Å². The number of carbonyl (C=O) groups excluding carboxylic acids is 1. The van der Waals surface area contributed by atoms with Gasteiger partial charge in [-0.1, -0.05) is 18.2 Å². The van der Waals surface area contributed by atoms with Gasteiger partial charge in [-0.05, 0) is 18.1 Å². The van der Waals surface area contributed by atoms with E-state index < -0.39 is 11.9 Å². The Balaban J connectivity index is 1.89. The van der Waals surface area contributed by atoms with Crippen LogP contribution in [0.4, 0.5) is 15.6 Å². The molecule has 3 rings (SSSR count). The van der Waals surface area contributed by atoms with Crippen molar-refractivity contribution in [1.29, 1.82) is 0 Å². The first-order valence-electron chi connectivity index (χ1n) is 6.44. The minimum Gasteiger partial charge on any atom is -0.481 e. The first-order chi connectivity index (χ1) is 10.1. The molecular weight excluding hydrogens is 290 g/mol. The summed E-state index contributed by atoms with van der Waals surface area (Å²) in [6.07, 6.45) is 2.04. The Morgan fingerprint density at radius 2 is 2.19 bits per heavy atom. The molecule has 0 spiro atoms. The van der Waals surface area contributed by atoms with Gasteiger partial charge in [0.2, 0.25) is 0 Å². The zero-order valence-corrected chi connectivity index (χ0v) is 11.8. The number of thiazole rings is 1. The highest BCUT2D eigenvalue weighted by molar-refractivity contribution is 7.13. The van der Waals surface area contributed by atoms with Crippen LogP contribution in [-0.4, -0.2) is 28.6 Å². The van der Waals surface area contributed by atoms with Gasteiger partial charge in [-0.15, -0.1) is 11.3 Å². The number of carboxylic acids is 1. The maximum absolute atomic E-state index is 12.4. The fourth-order valence-corrected chi connectivity index (χ4v) is 2.92. The number of carbonyl (C=O) groups is 2. The first-order valence-corrected chi connectivity index (χ1v) is 7.32. The number of aliphatic carboxylic acids is 1. The molecule has 1 aromatic heterocycles. The molecule has 108 valence electrons. The lowest BCUT2D eigenvalue weighted by atomic mass is 9.93. The van der Waals surface area contributed by atoms with Crippen LogP contribution in [0.2, 0.25) is 0 Å². The Kier molecular flexibility index (Phi) is 3.57. The summed E-state index contributed by atoms with van der Waals surface area (Å²) in [6.45, 7) is 0.156. The second kappa shape index (κ2) is 5.53. The second-order valence-electron chi connectivity index (χ2n) is 4.75. The smallest absolute Gasteiger partial charge is 0.328 e. The average molecular weight is 303 g/mol. The van der Waals surface area contributed by atoms with E-state index in [2.05, 4.69) is 10.3 Å². The van der Waals surface area contributed by atoms with E-state index in [9.17, 15) is 14.7 Å². The third kappa shape index (κ3) is 2.73. The molecule has 1 atom stereocenters. The van der Waals surface area contributed by atoms with Crippen molar-refractivity contribution >= 4 is 34.2 Å². The predicted octanol–water partition coefficient (Wildman–Crippen LogP) is 2.44. The van der Waals surface area contributed by atoms with Crippen molar-refractivity contribution in [3.63, 3.8) is 0 Å². The number of nitrogens with zero attached hydrogens (tertiary/aromatic N) is 2. The summed E-state index contributed by atoms with van der Waals surface area (Å²) in [4.78, 5) is 29.1. The van der Waals surface area contributed by atoms with E-state index in [-0.39, 0.29) is 12.6 Å². The molecule has 7 heteroatoms. The van der Waals surface area contributed by atoms with Gasteiger partial charge in [0.25, 0.3) is 0 Å². The zero-order valence-electron chi connectivity index (χ0n) is 11.0. The van der Waals surface area contributed by atoms with Crippen LogP contribution in [0.15, 0.2) is 35.8 Å². The van der Waals surface area contributed by atoms with Gasteiger partial charge >= 0.3 is 12.0 Å². The van der Waals surface area contributed by atoms with Gasteiger partial charge in [0.1, 0.15) is 0 Å². The number of hydrogen-bond acceptors (Lipinski definition) is 4. The maximum Gasteiger partial charge on any atom is 0.328 e. The van der Waals surface area contributed by atoms with E-state index in [1.807, 2.05) is 24.3 Å². The number of fused-ring (bicyclic) bond motifs is 1. The molecule has 2 N–H and O–H groups in total. The van der Waals surface area contributed by atoms with Gasteiger partial charge in [0, 0.05) is 23.8 Å². The molecule has 2 aromatic rings. The Morgan fingerprint density at radius 3 is 2.90 bits per heavy atom. The molecule has 2 heterocycles. The van der Waals surface area contributed by atoms with Crippen LogP contribution in [0.1, 0.15) is 5.56 Å². The number of urea groups is 1. The molecule has 2 amide bonds. The lowest BCUT2D eigenvalue weighted by Gasteiger charge is -2.32. The molecule has 0 saturated heterocycles. The average Bonchev–Trinajstić information content (AvgIpc) is 2.98. The van der Waals surface area contributed by atoms with Crippen molar-refractivity contribution in [2.45, 2.75) is 6.42 Å². The number of carboxylic acid groups (broad SMARTS) is 1. The van der Waals surface area contributed by atoms with Crippen LogP contribution in [0, 0.1) is 5.92 Å². The van der Waals surface area contributed by atoms with Crippen molar-refractivity contribution in [2.75, 3.05) is 16.8 Å². The number of amides is 2. The molecule has 1 unspecified atom stereocenters. The summed E-state index contributed by atoms with van der Waals surface area (Å²) in [5.74, 6) is -1.49. The molecule has 0 radical (unpaired) electrons. The fraction of sp³-hybridized carbons (Fsp3) is 0.214. The number of aromatic nitrogens is 1. The fourth-order valence-electron chi connectivity index (χ4n) is 2.40. The van der Waals surface area contributed by atoms with E-state index in [1.165, 1.54) is 16.2 Å². The molecule has 0 fully saturated rings. The quantitative estimate of drug-likeness (QED) is 0.892. The summed E-state index contributed by atoms with van der Waals surface area (Å²) < 4.78 is 0. The number of nitrogens with one attached hydrogen (secondary N) is 1. The molecule has 0 bridgehead atoms. The van der Waals surface area contributed by atoms with Crippen LogP contribution in [-0.2, 0) is 11.2 Å². The highest BCUT2D eigenvalue weighted by Crippen LogP contribution is 2.30. The number of anilines is 2. The van der Waals surface area contributed by atoms with Crippen LogP contribution in [0.5, 0.6) is 0 Å². The van der Waals surface area contributed by atoms with Crippen molar-refractivity contribution in [1.82, 2.24) is 4.98 Å². The Labute approximate surface area is 125 Å². The highest BCUT2D eigenvalue weighted by Gasteiger charge is 2.32. The molecular formula is C14H13N3O3S. The summed E-state index contributed by atoms with van der Waals surface area (Å²) in [6, 6.07) is 7.01. The summed E-state index contributed by atoms with van der Waals surface area (Å²) >= 11 is 1.32. The first kappa shape index (κ1) is 13.6. The van der Waals surface area contributed by atoms with Crippen LogP contribution >= 0.6 is 11.3 Å².